The van der Waals surface area contributed by atoms with Crippen LogP contribution in [0.5, 0.6) is 0 Å². The van der Waals surface area contributed by atoms with Crippen molar-refractivity contribution >= 4 is 29.1 Å². The van der Waals surface area contributed by atoms with Crippen LogP contribution in [-0.2, 0) is 9.53 Å². The van der Waals surface area contributed by atoms with Crippen LogP contribution in [0, 0.1) is 5.92 Å². The number of carbonyl (C=O) groups is 1. The summed E-state index contributed by atoms with van der Waals surface area (Å²) in [5.74, 6) is -0.375. The molecule has 192 valence electrons. The molecule has 3 aromatic rings. The summed E-state index contributed by atoms with van der Waals surface area (Å²) in [7, 11) is 3.95. The van der Waals surface area contributed by atoms with Crippen molar-refractivity contribution in [1.82, 2.24) is 15.4 Å². The van der Waals surface area contributed by atoms with E-state index in [2.05, 4.69) is 28.0 Å². The molecule has 0 bridgehead atoms. The van der Waals surface area contributed by atoms with Crippen molar-refractivity contribution in [1.29, 1.82) is 0 Å². The molecule has 1 fully saturated rings. The summed E-state index contributed by atoms with van der Waals surface area (Å²) in [5, 5.41) is 0. The Kier molecular flexibility index (Phi) is 7.10. The highest BCUT2D eigenvalue weighted by Gasteiger charge is 2.34. The molecule has 2 aliphatic rings. The molecule has 0 radical (unpaired) electrons. The summed E-state index contributed by atoms with van der Waals surface area (Å²) in [6.07, 6.45) is 2.03. The average molecular weight is 518 g/mol. The number of hydrogen-bond donors (Lipinski definition) is 2. The summed E-state index contributed by atoms with van der Waals surface area (Å²) < 4.78 is 7.66. The molecule has 3 unspecified atom stereocenters. The Morgan fingerprint density at radius 2 is 1.89 bits per heavy atom. The minimum Gasteiger partial charge on any atom is -0.463 e. The van der Waals surface area contributed by atoms with E-state index in [-0.39, 0.29) is 24.1 Å². The fraction of sp³-hybridized carbons (Fsp3) is 0.321. The standard InChI is InChI=1S/C28H31N5O3S/c1-5-36-27(35)23-17(2)30-28-33(25(23)19-11-13-21(14-12-19)32(3)4)26(34)22(37-28)15-20-16-29-31-24(20)18-9-7-6-8-10-18/h6-15,20,24-25,29,31H,5,16H2,1-4H3/b22-15-. The van der Waals surface area contributed by atoms with Gasteiger partial charge < -0.3 is 9.64 Å². The Hall–Kier alpha value is -3.53. The van der Waals surface area contributed by atoms with Crippen molar-refractivity contribution in [2.75, 3.05) is 32.1 Å². The highest BCUT2D eigenvalue weighted by Crippen LogP contribution is 2.32. The number of carbonyl (C=O) groups excluding carboxylic acids is 1. The predicted molar refractivity (Wildman–Crippen MR) is 146 cm³/mol. The maximum atomic E-state index is 13.9. The van der Waals surface area contributed by atoms with Gasteiger partial charge in [0.2, 0.25) is 0 Å². The largest absolute Gasteiger partial charge is 0.463 e. The molecule has 0 spiro atoms. The van der Waals surface area contributed by atoms with Gasteiger partial charge in [0.1, 0.15) is 0 Å². The van der Waals surface area contributed by atoms with Gasteiger partial charge in [-0.1, -0.05) is 59.9 Å². The summed E-state index contributed by atoms with van der Waals surface area (Å²) in [6.45, 7) is 4.52. The van der Waals surface area contributed by atoms with Crippen LogP contribution in [0.1, 0.15) is 37.1 Å². The lowest BCUT2D eigenvalue weighted by molar-refractivity contribution is -0.139. The molecule has 0 aliphatic carbocycles. The van der Waals surface area contributed by atoms with Crippen LogP contribution in [0.4, 0.5) is 5.69 Å². The van der Waals surface area contributed by atoms with Gasteiger partial charge in [0.05, 0.1) is 34.5 Å². The molecule has 8 nitrogen and oxygen atoms in total. The Bertz CT molecular complexity index is 1510. The van der Waals surface area contributed by atoms with E-state index in [9.17, 15) is 9.59 Å². The van der Waals surface area contributed by atoms with Gasteiger partial charge in [-0.25, -0.2) is 15.2 Å². The SMILES string of the molecule is CCOC(=O)C1=C(C)N=c2s/c(=C\C3CNNC3c3ccccc3)c(=O)n2C1c1ccc(N(C)C)cc1. The van der Waals surface area contributed by atoms with Gasteiger partial charge in [0.15, 0.2) is 4.80 Å². The number of rotatable bonds is 6. The van der Waals surface area contributed by atoms with E-state index in [1.165, 1.54) is 11.3 Å². The first-order chi connectivity index (χ1) is 17.9. The molecule has 5 rings (SSSR count). The van der Waals surface area contributed by atoms with E-state index < -0.39 is 12.0 Å². The van der Waals surface area contributed by atoms with Gasteiger partial charge in [-0.2, -0.15) is 0 Å². The molecule has 2 aromatic carbocycles. The van der Waals surface area contributed by atoms with E-state index in [1.54, 1.807) is 18.4 Å². The van der Waals surface area contributed by atoms with E-state index >= 15 is 0 Å². The van der Waals surface area contributed by atoms with Gasteiger partial charge in [-0.05, 0) is 37.1 Å². The second-order valence-electron chi connectivity index (χ2n) is 9.39. The minimum absolute atomic E-state index is 0.0472. The van der Waals surface area contributed by atoms with Crippen molar-refractivity contribution in [2.24, 2.45) is 10.9 Å². The molecule has 1 saturated heterocycles. The molecule has 0 saturated carbocycles. The monoisotopic (exact) mass is 517 g/mol. The van der Waals surface area contributed by atoms with Crippen LogP contribution in [-0.4, -0.2) is 37.8 Å². The maximum absolute atomic E-state index is 13.9. The Morgan fingerprint density at radius 3 is 2.57 bits per heavy atom. The van der Waals surface area contributed by atoms with Crippen LogP contribution in [0.25, 0.3) is 6.08 Å². The number of thiazole rings is 1. The zero-order chi connectivity index (χ0) is 26.1. The Balaban J connectivity index is 1.63. The highest BCUT2D eigenvalue weighted by molar-refractivity contribution is 7.07. The lowest BCUT2D eigenvalue weighted by Crippen LogP contribution is -2.40. The number of aromatic nitrogens is 1. The van der Waals surface area contributed by atoms with Crippen molar-refractivity contribution in [2.45, 2.75) is 25.9 Å². The Morgan fingerprint density at radius 1 is 1.16 bits per heavy atom. The fourth-order valence-electron chi connectivity index (χ4n) is 4.93. The van der Waals surface area contributed by atoms with Gasteiger partial charge in [-0.15, -0.1) is 0 Å². The molecule has 2 aliphatic heterocycles. The van der Waals surface area contributed by atoms with Crippen molar-refractivity contribution < 1.29 is 9.53 Å². The number of anilines is 1. The summed E-state index contributed by atoms with van der Waals surface area (Å²) in [5.41, 5.74) is 10.4. The molecule has 3 heterocycles. The first-order valence-corrected chi connectivity index (χ1v) is 13.2. The molecular weight excluding hydrogens is 486 g/mol. The van der Waals surface area contributed by atoms with Gasteiger partial charge in [0, 0.05) is 32.2 Å². The summed E-state index contributed by atoms with van der Waals surface area (Å²) in [6, 6.07) is 17.5. The van der Waals surface area contributed by atoms with Gasteiger partial charge in [0.25, 0.3) is 5.56 Å². The molecule has 9 heteroatoms. The first kappa shape index (κ1) is 25.1. The number of esters is 1. The van der Waals surface area contributed by atoms with E-state index in [1.807, 2.05) is 67.5 Å². The average Bonchev–Trinajstić information content (AvgIpc) is 3.48. The minimum atomic E-state index is -0.613. The zero-order valence-electron chi connectivity index (χ0n) is 21.4. The van der Waals surface area contributed by atoms with Crippen LogP contribution in [0.3, 0.4) is 0 Å². The molecular formula is C28H31N5O3S. The van der Waals surface area contributed by atoms with E-state index in [0.717, 1.165) is 16.8 Å². The van der Waals surface area contributed by atoms with Crippen LogP contribution >= 0.6 is 11.3 Å². The molecule has 2 N–H and O–H groups in total. The van der Waals surface area contributed by atoms with E-state index in [0.29, 0.717) is 27.1 Å². The van der Waals surface area contributed by atoms with Crippen molar-refractivity contribution in [3.05, 3.63) is 96.7 Å². The van der Waals surface area contributed by atoms with Crippen LogP contribution in [0.2, 0.25) is 0 Å². The third kappa shape index (κ3) is 4.77. The zero-order valence-corrected chi connectivity index (χ0v) is 22.2. The number of fused-ring (bicyclic) bond motifs is 1. The number of hydrogen-bond acceptors (Lipinski definition) is 8. The molecule has 3 atom stereocenters. The molecule has 1 aromatic heterocycles. The number of ether oxygens (including phenoxy) is 1. The Labute approximate surface area is 219 Å². The van der Waals surface area contributed by atoms with Gasteiger partial charge in [-0.3, -0.25) is 14.8 Å². The fourth-order valence-corrected chi connectivity index (χ4v) is 6.02. The highest BCUT2D eigenvalue weighted by atomic mass is 32.1. The summed E-state index contributed by atoms with van der Waals surface area (Å²) >= 11 is 1.36. The lowest BCUT2D eigenvalue weighted by atomic mass is 9.94. The quantitative estimate of drug-likeness (QED) is 0.488. The van der Waals surface area contributed by atoms with Crippen LogP contribution < -0.4 is 30.6 Å². The molecule has 37 heavy (non-hydrogen) atoms. The topological polar surface area (TPSA) is 88.0 Å². The first-order valence-electron chi connectivity index (χ1n) is 12.4. The number of nitrogens with one attached hydrogen (secondary N) is 2. The number of hydrazine groups is 1. The lowest BCUT2D eigenvalue weighted by Gasteiger charge is -2.25. The third-order valence-electron chi connectivity index (χ3n) is 6.79. The van der Waals surface area contributed by atoms with Crippen molar-refractivity contribution in [3.63, 3.8) is 0 Å². The second kappa shape index (κ2) is 10.5. The summed E-state index contributed by atoms with van der Waals surface area (Å²) in [4.78, 5) is 34.3. The smallest absolute Gasteiger partial charge is 0.338 e. The normalized spacial score (nSPS) is 21.5. The number of allylic oxidation sites excluding steroid dienone is 1. The third-order valence-corrected chi connectivity index (χ3v) is 7.79. The number of benzene rings is 2. The van der Waals surface area contributed by atoms with Crippen molar-refractivity contribution in [3.8, 4) is 0 Å². The maximum Gasteiger partial charge on any atom is 0.338 e. The van der Waals surface area contributed by atoms with Crippen LogP contribution in [0.15, 0.2) is 75.7 Å². The van der Waals surface area contributed by atoms with Gasteiger partial charge >= 0.3 is 5.97 Å². The number of nitrogens with zero attached hydrogens (tertiary/aromatic N) is 3. The van der Waals surface area contributed by atoms with E-state index in [4.69, 9.17) is 4.74 Å². The predicted octanol–water partition coefficient (Wildman–Crippen LogP) is 2.28. The second-order valence-corrected chi connectivity index (χ2v) is 10.4. The molecule has 0 amide bonds.